The summed E-state index contributed by atoms with van der Waals surface area (Å²) in [5.41, 5.74) is 0.926. The predicted molar refractivity (Wildman–Crippen MR) is 84.0 cm³/mol. The topological polar surface area (TPSA) is 12.0 Å². The number of hydrogen-bond donors (Lipinski definition) is 1. The molecule has 1 aromatic rings. The fourth-order valence-corrected chi connectivity index (χ4v) is 2.96. The van der Waals surface area contributed by atoms with E-state index in [1.807, 2.05) is 6.07 Å². The van der Waals surface area contributed by atoms with Crippen LogP contribution < -0.4 is 5.32 Å². The Labute approximate surface area is 125 Å². The predicted octanol–water partition coefficient (Wildman–Crippen LogP) is 4.94. The maximum Gasteiger partial charge on any atom is 0.126 e. The van der Waals surface area contributed by atoms with Crippen LogP contribution in [0.3, 0.4) is 0 Å². The molecule has 1 rings (SSSR count). The average Bonchev–Trinajstić information content (AvgIpc) is 2.34. The van der Waals surface area contributed by atoms with Crippen LogP contribution in [-0.4, -0.2) is 13.1 Å². The lowest BCUT2D eigenvalue weighted by Crippen LogP contribution is -2.34. The molecule has 0 fully saturated rings. The van der Waals surface area contributed by atoms with Gasteiger partial charge in [-0.1, -0.05) is 43.1 Å². The molecule has 1 nitrogen and oxygen atoms in total. The molecule has 19 heavy (non-hydrogen) atoms. The second-order valence-corrected chi connectivity index (χ2v) is 6.57. The summed E-state index contributed by atoms with van der Waals surface area (Å²) in [5, 5.41) is 3.48. The third-order valence-corrected chi connectivity index (χ3v) is 3.95. The third-order valence-electron chi connectivity index (χ3n) is 3.46. The lowest BCUT2D eigenvalue weighted by atomic mass is 9.79. The SMILES string of the molecule is CCCNCC(C)(CCC)Cc1cc(Br)ccc1F. The molecular weight excluding hydrogens is 305 g/mol. The first-order chi connectivity index (χ1) is 9.00. The van der Waals surface area contributed by atoms with Crippen molar-refractivity contribution in [1.29, 1.82) is 0 Å². The van der Waals surface area contributed by atoms with E-state index < -0.39 is 0 Å². The van der Waals surface area contributed by atoms with Gasteiger partial charge in [0.25, 0.3) is 0 Å². The van der Waals surface area contributed by atoms with Crippen molar-refractivity contribution in [3.63, 3.8) is 0 Å². The summed E-state index contributed by atoms with van der Waals surface area (Å²) < 4.78 is 14.8. The normalized spacial score (nSPS) is 14.4. The summed E-state index contributed by atoms with van der Waals surface area (Å²) >= 11 is 3.42. The van der Waals surface area contributed by atoms with Crippen molar-refractivity contribution in [2.45, 2.75) is 46.5 Å². The molecule has 3 heteroatoms. The summed E-state index contributed by atoms with van der Waals surface area (Å²) in [4.78, 5) is 0. The monoisotopic (exact) mass is 329 g/mol. The zero-order valence-corrected chi connectivity index (χ0v) is 13.8. The van der Waals surface area contributed by atoms with Crippen molar-refractivity contribution >= 4 is 15.9 Å². The Morgan fingerprint density at radius 1 is 1.26 bits per heavy atom. The summed E-state index contributed by atoms with van der Waals surface area (Å²) in [6.45, 7) is 8.58. The van der Waals surface area contributed by atoms with Crippen LogP contribution in [0.2, 0.25) is 0 Å². The van der Waals surface area contributed by atoms with E-state index in [9.17, 15) is 4.39 Å². The van der Waals surface area contributed by atoms with Gasteiger partial charge in [0, 0.05) is 11.0 Å². The molecule has 0 aromatic heterocycles. The molecule has 0 amide bonds. The average molecular weight is 330 g/mol. The van der Waals surface area contributed by atoms with E-state index in [0.29, 0.717) is 0 Å². The molecule has 1 atom stereocenters. The first-order valence-corrected chi connectivity index (χ1v) is 7.94. The van der Waals surface area contributed by atoms with Crippen LogP contribution >= 0.6 is 15.9 Å². The first kappa shape index (κ1) is 16.6. The quantitative estimate of drug-likeness (QED) is 0.666. The second-order valence-electron chi connectivity index (χ2n) is 5.65. The standard InChI is InChI=1S/C16H25BrFN/c1-4-8-16(3,12-19-9-5-2)11-13-10-14(17)6-7-15(13)18/h6-7,10,19H,4-5,8-9,11-12H2,1-3H3. The lowest BCUT2D eigenvalue weighted by Gasteiger charge is -2.30. The van der Waals surface area contributed by atoms with E-state index in [-0.39, 0.29) is 11.2 Å². The van der Waals surface area contributed by atoms with E-state index in [1.165, 1.54) is 0 Å². The Balaban J connectivity index is 2.78. The molecule has 0 heterocycles. The van der Waals surface area contributed by atoms with Gasteiger partial charge in [0.05, 0.1) is 0 Å². The summed E-state index contributed by atoms with van der Waals surface area (Å²) in [7, 11) is 0. The van der Waals surface area contributed by atoms with Crippen LogP contribution in [-0.2, 0) is 6.42 Å². The van der Waals surface area contributed by atoms with Gasteiger partial charge in [-0.3, -0.25) is 0 Å². The van der Waals surface area contributed by atoms with E-state index in [2.05, 4.69) is 42.0 Å². The van der Waals surface area contributed by atoms with Gasteiger partial charge in [-0.15, -0.1) is 0 Å². The largest absolute Gasteiger partial charge is 0.316 e. The Bertz CT molecular complexity index is 394. The zero-order chi connectivity index (χ0) is 14.3. The van der Waals surface area contributed by atoms with Crippen molar-refractivity contribution in [3.05, 3.63) is 34.1 Å². The van der Waals surface area contributed by atoms with Gasteiger partial charge < -0.3 is 5.32 Å². The Morgan fingerprint density at radius 3 is 2.63 bits per heavy atom. The molecule has 0 spiro atoms. The van der Waals surface area contributed by atoms with Gasteiger partial charge >= 0.3 is 0 Å². The minimum atomic E-state index is -0.0963. The smallest absolute Gasteiger partial charge is 0.126 e. The third kappa shape index (κ3) is 5.62. The molecular formula is C16H25BrFN. The molecule has 1 aromatic carbocycles. The fraction of sp³-hybridized carbons (Fsp3) is 0.625. The van der Waals surface area contributed by atoms with Gasteiger partial charge in [-0.25, -0.2) is 4.39 Å². The molecule has 0 radical (unpaired) electrons. The highest BCUT2D eigenvalue weighted by atomic mass is 79.9. The number of rotatable bonds is 8. The fourth-order valence-electron chi connectivity index (χ4n) is 2.55. The van der Waals surface area contributed by atoms with E-state index in [1.54, 1.807) is 12.1 Å². The van der Waals surface area contributed by atoms with Crippen molar-refractivity contribution in [2.75, 3.05) is 13.1 Å². The zero-order valence-electron chi connectivity index (χ0n) is 12.2. The number of nitrogens with one attached hydrogen (secondary N) is 1. The van der Waals surface area contributed by atoms with Gasteiger partial charge in [0.15, 0.2) is 0 Å². The van der Waals surface area contributed by atoms with Crippen molar-refractivity contribution in [1.82, 2.24) is 5.32 Å². The van der Waals surface area contributed by atoms with Gasteiger partial charge in [0.2, 0.25) is 0 Å². The summed E-state index contributed by atoms with van der Waals surface area (Å²) in [6, 6.07) is 5.21. The van der Waals surface area contributed by atoms with Gasteiger partial charge in [0.1, 0.15) is 5.82 Å². The minimum Gasteiger partial charge on any atom is -0.316 e. The molecule has 108 valence electrons. The molecule has 0 aliphatic rings. The Hall–Kier alpha value is -0.410. The first-order valence-electron chi connectivity index (χ1n) is 7.15. The van der Waals surface area contributed by atoms with Gasteiger partial charge in [-0.05, 0) is 55.0 Å². The maximum atomic E-state index is 13.9. The van der Waals surface area contributed by atoms with E-state index >= 15 is 0 Å². The summed E-state index contributed by atoms with van der Waals surface area (Å²) in [5.74, 6) is -0.0963. The van der Waals surface area contributed by atoms with Crippen molar-refractivity contribution in [3.8, 4) is 0 Å². The lowest BCUT2D eigenvalue weighted by molar-refractivity contribution is 0.272. The molecule has 1 unspecified atom stereocenters. The van der Waals surface area contributed by atoms with E-state index in [4.69, 9.17) is 0 Å². The Kier molecular flexibility index (Phi) is 7.01. The van der Waals surface area contributed by atoms with E-state index in [0.717, 1.165) is 48.8 Å². The van der Waals surface area contributed by atoms with Crippen LogP contribution in [0.4, 0.5) is 4.39 Å². The van der Waals surface area contributed by atoms with Gasteiger partial charge in [-0.2, -0.15) is 0 Å². The van der Waals surface area contributed by atoms with Crippen molar-refractivity contribution < 1.29 is 4.39 Å². The number of benzene rings is 1. The Morgan fingerprint density at radius 2 is 2.00 bits per heavy atom. The van der Waals surface area contributed by atoms with Crippen LogP contribution in [0.5, 0.6) is 0 Å². The highest BCUT2D eigenvalue weighted by molar-refractivity contribution is 9.10. The molecule has 0 aliphatic carbocycles. The molecule has 0 saturated carbocycles. The molecule has 0 bridgehead atoms. The molecule has 0 aliphatic heterocycles. The van der Waals surface area contributed by atoms with Crippen molar-refractivity contribution in [2.24, 2.45) is 5.41 Å². The van der Waals surface area contributed by atoms with Crippen LogP contribution in [0.1, 0.15) is 45.6 Å². The summed E-state index contributed by atoms with van der Waals surface area (Å²) in [6.07, 6.45) is 4.14. The van der Waals surface area contributed by atoms with Crippen LogP contribution in [0.25, 0.3) is 0 Å². The molecule has 1 N–H and O–H groups in total. The second kappa shape index (κ2) is 8.01. The minimum absolute atomic E-state index is 0.0963. The van der Waals surface area contributed by atoms with Crippen LogP contribution in [0, 0.1) is 11.2 Å². The van der Waals surface area contributed by atoms with Crippen LogP contribution in [0.15, 0.2) is 22.7 Å². The maximum absolute atomic E-state index is 13.9. The highest BCUT2D eigenvalue weighted by Gasteiger charge is 2.24. The number of hydrogen-bond acceptors (Lipinski definition) is 1. The molecule has 0 saturated heterocycles. The highest BCUT2D eigenvalue weighted by Crippen LogP contribution is 2.30. The number of halogens is 2.